The molecule has 0 unspecified atom stereocenters. The van der Waals surface area contributed by atoms with Crippen molar-refractivity contribution in [2.75, 3.05) is 0 Å². The van der Waals surface area contributed by atoms with Crippen LogP contribution in [0.5, 0.6) is 0 Å². The average molecular weight is 293 g/mol. The fourth-order valence-corrected chi connectivity index (χ4v) is 2.50. The van der Waals surface area contributed by atoms with Crippen LogP contribution in [0.25, 0.3) is 0 Å². The van der Waals surface area contributed by atoms with Gasteiger partial charge in [0.1, 0.15) is 6.29 Å². The fourth-order valence-electron chi connectivity index (χ4n) is 2.50. The summed E-state index contributed by atoms with van der Waals surface area (Å²) in [5.74, 6) is 6.62. The highest BCUT2D eigenvalue weighted by atomic mass is 16.1. The van der Waals surface area contributed by atoms with E-state index in [0.29, 0.717) is 0 Å². The minimum Gasteiger partial charge on any atom is -0.303 e. The fraction of sp³-hybridized carbons (Fsp3) is 0.850. The first kappa shape index (κ1) is 20.2. The van der Waals surface area contributed by atoms with Crippen molar-refractivity contribution < 1.29 is 4.79 Å². The number of hydrogen-bond acceptors (Lipinski definition) is 1. The van der Waals surface area contributed by atoms with Crippen molar-refractivity contribution in [2.45, 2.75) is 110 Å². The van der Waals surface area contributed by atoms with Gasteiger partial charge in [-0.3, -0.25) is 0 Å². The van der Waals surface area contributed by atoms with Gasteiger partial charge in [0.05, 0.1) is 0 Å². The van der Waals surface area contributed by atoms with Gasteiger partial charge in [0.25, 0.3) is 0 Å². The molecule has 122 valence electrons. The molecule has 21 heavy (non-hydrogen) atoms. The molecule has 0 aromatic heterocycles. The van der Waals surface area contributed by atoms with Gasteiger partial charge in [-0.05, 0) is 19.3 Å². The Hall–Kier alpha value is -0.770. The maximum absolute atomic E-state index is 10.2. The van der Waals surface area contributed by atoms with Crippen LogP contribution in [0.2, 0.25) is 0 Å². The zero-order valence-electron chi connectivity index (χ0n) is 14.3. The molecule has 0 N–H and O–H groups in total. The molecule has 0 aliphatic rings. The van der Waals surface area contributed by atoms with Gasteiger partial charge in [-0.25, -0.2) is 0 Å². The average Bonchev–Trinajstić information content (AvgIpc) is 2.50. The lowest BCUT2D eigenvalue weighted by atomic mass is 10.1. The summed E-state index contributed by atoms with van der Waals surface area (Å²) >= 11 is 0. The van der Waals surface area contributed by atoms with Gasteiger partial charge < -0.3 is 4.79 Å². The number of unbranched alkanes of at least 4 members (excludes halogenated alkanes) is 14. The smallest absolute Gasteiger partial charge is 0.119 e. The molecular weight excluding hydrogens is 256 g/mol. The second-order valence-corrected chi connectivity index (χ2v) is 6.05. The van der Waals surface area contributed by atoms with Crippen molar-refractivity contribution in [2.24, 2.45) is 0 Å². The van der Waals surface area contributed by atoms with E-state index in [1.54, 1.807) is 0 Å². The highest BCUT2D eigenvalue weighted by Gasteiger charge is 1.92. The third kappa shape index (κ3) is 19.2. The maximum Gasteiger partial charge on any atom is 0.119 e. The van der Waals surface area contributed by atoms with Crippen molar-refractivity contribution >= 4 is 6.29 Å². The van der Waals surface area contributed by atoms with Gasteiger partial charge in [-0.2, -0.15) is 0 Å². The molecule has 0 saturated heterocycles. The van der Waals surface area contributed by atoms with Crippen molar-refractivity contribution in [1.82, 2.24) is 0 Å². The number of aldehydes is 1. The third-order valence-corrected chi connectivity index (χ3v) is 3.90. The summed E-state index contributed by atoms with van der Waals surface area (Å²) in [4.78, 5) is 10.2. The van der Waals surface area contributed by atoms with Crippen molar-refractivity contribution in [3.63, 3.8) is 0 Å². The molecule has 1 nitrogen and oxygen atoms in total. The summed E-state index contributed by atoms with van der Waals surface area (Å²) in [5.41, 5.74) is 0. The minimum atomic E-state index is 0.750. The van der Waals surface area contributed by atoms with E-state index in [2.05, 4.69) is 18.8 Å². The first-order valence-corrected chi connectivity index (χ1v) is 9.31. The molecule has 0 rings (SSSR count). The van der Waals surface area contributed by atoms with Crippen molar-refractivity contribution in [1.29, 1.82) is 0 Å². The maximum atomic E-state index is 10.2. The van der Waals surface area contributed by atoms with Crippen LogP contribution in [-0.2, 0) is 4.79 Å². The molecule has 0 spiro atoms. The number of carbonyl (C=O) groups is 1. The summed E-state index contributed by atoms with van der Waals surface area (Å²) in [6.07, 6.45) is 21.0. The Bertz CT molecular complexity index is 259. The molecule has 0 fully saturated rings. The normalized spacial score (nSPS) is 10.1. The molecular formula is C20H36O. The summed E-state index contributed by atoms with van der Waals surface area (Å²) in [6.45, 7) is 2.25. The Morgan fingerprint density at radius 3 is 1.52 bits per heavy atom. The topological polar surface area (TPSA) is 17.1 Å². The lowest BCUT2D eigenvalue weighted by Gasteiger charge is -2.00. The van der Waals surface area contributed by atoms with Crippen molar-refractivity contribution in [3.8, 4) is 11.8 Å². The van der Waals surface area contributed by atoms with Gasteiger partial charge in [0.2, 0.25) is 0 Å². The highest BCUT2D eigenvalue weighted by Crippen LogP contribution is 2.10. The zero-order chi connectivity index (χ0) is 15.4. The predicted molar refractivity (Wildman–Crippen MR) is 93.4 cm³/mol. The molecule has 0 amide bonds. The van der Waals surface area contributed by atoms with E-state index in [-0.39, 0.29) is 0 Å². The lowest BCUT2D eigenvalue weighted by Crippen LogP contribution is -1.82. The predicted octanol–water partition coefficient (Wildman–Crippen LogP) is 6.45. The molecule has 0 aliphatic carbocycles. The van der Waals surface area contributed by atoms with E-state index >= 15 is 0 Å². The van der Waals surface area contributed by atoms with Crippen LogP contribution in [0.3, 0.4) is 0 Å². The Labute approximate surface area is 133 Å². The van der Waals surface area contributed by atoms with Gasteiger partial charge in [0.15, 0.2) is 0 Å². The Balaban J connectivity index is 3.05. The second kappa shape index (κ2) is 19.2. The van der Waals surface area contributed by atoms with Crippen LogP contribution in [0, 0.1) is 11.8 Å². The molecule has 0 bridgehead atoms. The summed E-state index contributed by atoms with van der Waals surface area (Å²) in [6, 6.07) is 0. The number of rotatable bonds is 15. The molecule has 0 heterocycles. The molecule has 0 radical (unpaired) electrons. The van der Waals surface area contributed by atoms with E-state index in [1.165, 1.54) is 77.0 Å². The standard InChI is InChI=1S/C20H36O/c1-2-3-4-5-6-7-8-9-10-11-12-13-14-15-16-17-18-19-20-21/h20H,2-6,9-19H2,1H3. The largest absolute Gasteiger partial charge is 0.303 e. The lowest BCUT2D eigenvalue weighted by molar-refractivity contribution is -0.107. The Morgan fingerprint density at radius 1 is 0.619 bits per heavy atom. The van der Waals surface area contributed by atoms with E-state index in [1.807, 2.05) is 0 Å². The molecule has 0 aliphatic heterocycles. The van der Waals surface area contributed by atoms with Crippen LogP contribution in [0.4, 0.5) is 0 Å². The number of carbonyl (C=O) groups excluding carboxylic acids is 1. The van der Waals surface area contributed by atoms with Crippen LogP contribution in [0.1, 0.15) is 110 Å². The Kier molecular flexibility index (Phi) is 18.5. The minimum absolute atomic E-state index is 0.750. The van der Waals surface area contributed by atoms with Gasteiger partial charge in [0, 0.05) is 19.3 Å². The number of hydrogen-bond donors (Lipinski definition) is 0. The summed E-state index contributed by atoms with van der Waals surface area (Å²) in [7, 11) is 0. The van der Waals surface area contributed by atoms with Crippen LogP contribution < -0.4 is 0 Å². The second-order valence-electron chi connectivity index (χ2n) is 6.05. The molecule has 0 saturated carbocycles. The van der Waals surface area contributed by atoms with Gasteiger partial charge in [-0.1, -0.05) is 71.1 Å². The van der Waals surface area contributed by atoms with Gasteiger partial charge in [-0.15, -0.1) is 11.8 Å². The third-order valence-electron chi connectivity index (χ3n) is 3.90. The first-order valence-electron chi connectivity index (χ1n) is 9.31. The monoisotopic (exact) mass is 292 g/mol. The van der Waals surface area contributed by atoms with Crippen LogP contribution in [0.15, 0.2) is 0 Å². The quantitative estimate of drug-likeness (QED) is 0.192. The molecule has 0 atom stereocenters. The molecule has 0 aromatic carbocycles. The first-order chi connectivity index (χ1) is 10.4. The van der Waals surface area contributed by atoms with Crippen LogP contribution >= 0.6 is 0 Å². The highest BCUT2D eigenvalue weighted by molar-refractivity contribution is 5.48. The molecule has 1 heteroatoms. The zero-order valence-corrected chi connectivity index (χ0v) is 14.3. The SMILES string of the molecule is CCCCCCC#CCCCCCCCCCCCC=O. The van der Waals surface area contributed by atoms with E-state index in [0.717, 1.165) is 32.0 Å². The molecule has 0 aromatic rings. The Morgan fingerprint density at radius 2 is 1.05 bits per heavy atom. The van der Waals surface area contributed by atoms with E-state index < -0.39 is 0 Å². The van der Waals surface area contributed by atoms with Crippen LogP contribution in [-0.4, -0.2) is 6.29 Å². The van der Waals surface area contributed by atoms with Gasteiger partial charge >= 0.3 is 0 Å². The van der Waals surface area contributed by atoms with E-state index in [4.69, 9.17) is 0 Å². The summed E-state index contributed by atoms with van der Waals surface area (Å²) < 4.78 is 0. The van der Waals surface area contributed by atoms with E-state index in [9.17, 15) is 4.79 Å². The summed E-state index contributed by atoms with van der Waals surface area (Å²) in [5, 5.41) is 0. The van der Waals surface area contributed by atoms with Crippen molar-refractivity contribution in [3.05, 3.63) is 0 Å².